The Labute approximate surface area is 92.3 Å². The molecule has 0 saturated carbocycles. The molecule has 6 heteroatoms. The van der Waals surface area contributed by atoms with Gasteiger partial charge in [0.2, 0.25) is 0 Å². The van der Waals surface area contributed by atoms with Crippen molar-refractivity contribution in [1.82, 2.24) is 5.43 Å². The highest BCUT2D eigenvalue weighted by molar-refractivity contribution is 7.90. The van der Waals surface area contributed by atoms with Crippen LogP contribution in [0.5, 0.6) is 0 Å². The fourth-order valence-corrected chi connectivity index (χ4v) is 2.05. The standard InChI is InChI=1S/C9H22N2O3S/c1-8(14-2)7-9(11-10)5-4-6-15(3,12)13/h8-9,11H,4-7,10H2,1-3H3. The van der Waals surface area contributed by atoms with E-state index in [-0.39, 0.29) is 17.9 Å². The van der Waals surface area contributed by atoms with Crippen LogP contribution in [-0.2, 0) is 14.6 Å². The van der Waals surface area contributed by atoms with Gasteiger partial charge < -0.3 is 4.74 Å². The lowest BCUT2D eigenvalue weighted by Gasteiger charge is -2.19. The van der Waals surface area contributed by atoms with E-state index in [2.05, 4.69) is 5.43 Å². The van der Waals surface area contributed by atoms with Gasteiger partial charge in [-0.15, -0.1) is 0 Å². The molecule has 0 heterocycles. The van der Waals surface area contributed by atoms with Gasteiger partial charge in [0.15, 0.2) is 0 Å². The molecule has 0 amide bonds. The SMILES string of the molecule is COC(C)CC(CCCS(C)(=O)=O)NN. The van der Waals surface area contributed by atoms with E-state index in [1.807, 2.05) is 6.92 Å². The van der Waals surface area contributed by atoms with E-state index in [0.29, 0.717) is 6.42 Å². The summed E-state index contributed by atoms with van der Waals surface area (Å²) < 4.78 is 26.9. The third-order valence-corrected chi connectivity index (χ3v) is 3.35. The van der Waals surface area contributed by atoms with E-state index in [1.165, 1.54) is 6.26 Å². The zero-order valence-corrected chi connectivity index (χ0v) is 10.5. The van der Waals surface area contributed by atoms with Gasteiger partial charge in [-0.3, -0.25) is 11.3 Å². The molecular weight excluding hydrogens is 216 g/mol. The van der Waals surface area contributed by atoms with Gasteiger partial charge in [-0.2, -0.15) is 0 Å². The number of hydrazine groups is 1. The molecule has 0 aliphatic heterocycles. The van der Waals surface area contributed by atoms with Crippen LogP contribution in [0.2, 0.25) is 0 Å². The summed E-state index contributed by atoms with van der Waals surface area (Å²) in [6.45, 7) is 1.96. The molecule has 5 nitrogen and oxygen atoms in total. The summed E-state index contributed by atoms with van der Waals surface area (Å²) in [6.07, 6.45) is 3.54. The van der Waals surface area contributed by atoms with E-state index in [4.69, 9.17) is 10.6 Å². The molecule has 0 saturated heterocycles. The van der Waals surface area contributed by atoms with Crippen LogP contribution >= 0.6 is 0 Å². The Kier molecular flexibility index (Phi) is 7.08. The summed E-state index contributed by atoms with van der Waals surface area (Å²) in [5.74, 6) is 5.59. The first-order valence-corrected chi connectivity index (χ1v) is 7.11. The topological polar surface area (TPSA) is 81.4 Å². The monoisotopic (exact) mass is 238 g/mol. The predicted molar refractivity (Wildman–Crippen MR) is 61.1 cm³/mol. The molecule has 0 spiro atoms. The summed E-state index contributed by atoms with van der Waals surface area (Å²) in [5.41, 5.74) is 2.68. The molecule has 0 aromatic carbocycles. The zero-order chi connectivity index (χ0) is 11.9. The second-order valence-corrected chi connectivity index (χ2v) is 6.18. The van der Waals surface area contributed by atoms with E-state index in [9.17, 15) is 8.42 Å². The Morgan fingerprint density at radius 1 is 1.47 bits per heavy atom. The summed E-state index contributed by atoms with van der Waals surface area (Å²) >= 11 is 0. The van der Waals surface area contributed by atoms with Gasteiger partial charge in [0.25, 0.3) is 0 Å². The Bertz CT molecular complexity index is 254. The largest absolute Gasteiger partial charge is 0.382 e. The van der Waals surface area contributed by atoms with Gasteiger partial charge in [-0.1, -0.05) is 0 Å². The number of sulfone groups is 1. The summed E-state index contributed by atoms with van der Waals surface area (Å²) in [7, 11) is -1.21. The molecule has 15 heavy (non-hydrogen) atoms. The predicted octanol–water partition coefficient (Wildman–Crippen LogP) is 0.0681. The van der Waals surface area contributed by atoms with Crippen molar-refractivity contribution in [2.45, 2.75) is 38.3 Å². The highest BCUT2D eigenvalue weighted by Crippen LogP contribution is 2.07. The van der Waals surface area contributed by atoms with Crippen LogP contribution in [0.25, 0.3) is 0 Å². The maximum Gasteiger partial charge on any atom is 0.147 e. The van der Waals surface area contributed by atoms with Crippen LogP contribution in [0.4, 0.5) is 0 Å². The number of hydrogen-bond donors (Lipinski definition) is 2. The fraction of sp³-hybridized carbons (Fsp3) is 1.00. The first-order valence-electron chi connectivity index (χ1n) is 5.05. The molecule has 2 atom stereocenters. The van der Waals surface area contributed by atoms with Crippen molar-refractivity contribution in [3.63, 3.8) is 0 Å². The van der Waals surface area contributed by atoms with Gasteiger partial charge in [0.1, 0.15) is 9.84 Å². The molecule has 0 fully saturated rings. The Morgan fingerprint density at radius 3 is 2.47 bits per heavy atom. The molecule has 0 radical (unpaired) electrons. The van der Waals surface area contributed by atoms with Crippen molar-refractivity contribution in [3.05, 3.63) is 0 Å². The smallest absolute Gasteiger partial charge is 0.147 e. The van der Waals surface area contributed by atoms with E-state index < -0.39 is 9.84 Å². The van der Waals surface area contributed by atoms with Crippen molar-refractivity contribution in [1.29, 1.82) is 0 Å². The fourth-order valence-electron chi connectivity index (χ4n) is 1.36. The van der Waals surface area contributed by atoms with Crippen molar-refractivity contribution in [2.75, 3.05) is 19.1 Å². The molecular formula is C9H22N2O3S. The second-order valence-electron chi connectivity index (χ2n) is 3.92. The minimum atomic E-state index is -2.86. The minimum Gasteiger partial charge on any atom is -0.382 e. The van der Waals surface area contributed by atoms with E-state index in [1.54, 1.807) is 7.11 Å². The number of hydrogen-bond acceptors (Lipinski definition) is 5. The number of rotatable bonds is 8. The quantitative estimate of drug-likeness (QED) is 0.462. The van der Waals surface area contributed by atoms with E-state index >= 15 is 0 Å². The molecule has 0 rings (SSSR count). The minimum absolute atomic E-state index is 0.113. The Balaban J connectivity index is 3.80. The highest BCUT2D eigenvalue weighted by Gasteiger charge is 2.12. The molecule has 0 aromatic rings. The van der Waals surface area contributed by atoms with Crippen molar-refractivity contribution >= 4 is 9.84 Å². The third-order valence-electron chi connectivity index (χ3n) is 2.32. The van der Waals surface area contributed by atoms with E-state index in [0.717, 1.165) is 12.8 Å². The van der Waals surface area contributed by atoms with Crippen molar-refractivity contribution in [3.8, 4) is 0 Å². The number of ether oxygens (including phenoxy) is 1. The van der Waals surface area contributed by atoms with Crippen LogP contribution in [0.1, 0.15) is 26.2 Å². The lowest BCUT2D eigenvalue weighted by molar-refractivity contribution is 0.0992. The molecule has 92 valence electrons. The summed E-state index contributed by atoms with van der Waals surface area (Å²) in [6, 6.07) is 0.113. The van der Waals surface area contributed by atoms with Crippen LogP contribution in [0, 0.1) is 0 Å². The normalized spacial score (nSPS) is 16.3. The molecule has 0 bridgehead atoms. The third kappa shape index (κ3) is 8.80. The maximum atomic E-state index is 10.9. The first kappa shape index (κ1) is 14.8. The average Bonchev–Trinajstić information content (AvgIpc) is 2.14. The molecule has 2 unspecified atom stereocenters. The van der Waals surface area contributed by atoms with Gasteiger partial charge in [-0.25, -0.2) is 8.42 Å². The van der Waals surface area contributed by atoms with Gasteiger partial charge in [0.05, 0.1) is 6.10 Å². The molecule has 0 aliphatic carbocycles. The second kappa shape index (κ2) is 7.16. The van der Waals surface area contributed by atoms with Crippen molar-refractivity contribution < 1.29 is 13.2 Å². The van der Waals surface area contributed by atoms with Crippen LogP contribution in [0.15, 0.2) is 0 Å². The maximum absolute atomic E-state index is 10.9. The lowest BCUT2D eigenvalue weighted by atomic mass is 10.1. The van der Waals surface area contributed by atoms with Gasteiger partial charge in [0, 0.05) is 25.2 Å². The highest BCUT2D eigenvalue weighted by atomic mass is 32.2. The number of nitrogens with one attached hydrogen (secondary N) is 1. The zero-order valence-electron chi connectivity index (χ0n) is 9.69. The Hall–Kier alpha value is -0.170. The van der Waals surface area contributed by atoms with Crippen molar-refractivity contribution in [2.24, 2.45) is 5.84 Å². The van der Waals surface area contributed by atoms with Crippen LogP contribution in [0.3, 0.4) is 0 Å². The van der Waals surface area contributed by atoms with Crippen LogP contribution < -0.4 is 11.3 Å². The van der Waals surface area contributed by atoms with Gasteiger partial charge >= 0.3 is 0 Å². The Morgan fingerprint density at radius 2 is 2.07 bits per heavy atom. The lowest BCUT2D eigenvalue weighted by Crippen LogP contribution is -2.37. The number of nitrogens with two attached hydrogens (primary N) is 1. The van der Waals surface area contributed by atoms with Gasteiger partial charge in [-0.05, 0) is 26.2 Å². The first-order chi connectivity index (χ1) is 6.89. The van der Waals surface area contributed by atoms with Crippen LogP contribution in [-0.4, -0.2) is 39.7 Å². The molecule has 0 aliphatic rings. The summed E-state index contributed by atoms with van der Waals surface area (Å²) in [5, 5.41) is 0. The average molecular weight is 238 g/mol. The number of methoxy groups -OCH3 is 1. The molecule has 3 N–H and O–H groups in total. The molecule has 0 aromatic heterocycles. The summed E-state index contributed by atoms with van der Waals surface area (Å²) in [4.78, 5) is 0.